The fourth-order valence-electron chi connectivity index (χ4n) is 1.64. The van der Waals surface area contributed by atoms with Crippen LogP contribution >= 0.6 is 0 Å². The van der Waals surface area contributed by atoms with Crippen molar-refractivity contribution < 1.29 is 42.9 Å². The molecule has 0 aliphatic heterocycles. The first-order valence-corrected chi connectivity index (χ1v) is 9.65. The van der Waals surface area contributed by atoms with E-state index in [0.29, 0.717) is 13.2 Å². The van der Waals surface area contributed by atoms with Gasteiger partial charge in [-0.15, -0.1) is 0 Å². The van der Waals surface area contributed by atoms with Gasteiger partial charge in [0.25, 0.3) is 0 Å². The molecule has 0 amide bonds. The summed E-state index contributed by atoms with van der Waals surface area (Å²) in [6, 6.07) is 0. The SMILES string of the molecule is C=CC(=O)OCCCCCCOC(=O)C=C.C=CC(=O)OCCOCCOC(=O)C=C. The lowest BCUT2D eigenvalue weighted by Gasteiger charge is -2.04. The monoisotopic (exact) mass is 440 g/mol. The second-order valence-corrected chi connectivity index (χ2v) is 5.51. The fourth-order valence-corrected chi connectivity index (χ4v) is 1.64. The number of unbranched alkanes of at least 4 members (excludes halogenated alkanes) is 3. The number of esters is 4. The Morgan fingerprint density at radius 2 is 0.742 bits per heavy atom. The van der Waals surface area contributed by atoms with Gasteiger partial charge in [-0.05, 0) is 25.7 Å². The first-order valence-electron chi connectivity index (χ1n) is 9.65. The Bertz CT molecular complexity index is 532. The quantitative estimate of drug-likeness (QED) is 0.146. The summed E-state index contributed by atoms with van der Waals surface area (Å²) in [6.45, 7) is 14.7. The van der Waals surface area contributed by atoms with Crippen molar-refractivity contribution in [3.05, 3.63) is 50.6 Å². The zero-order chi connectivity index (χ0) is 23.7. The van der Waals surface area contributed by atoms with Gasteiger partial charge in [-0.2, -0.15) is 0 Å². The van der Waals surface area contributed by atoms with E-state index in [4.69, 9.17) is 14.2 Å². The molecule has 0 aliphatic rings. The molecule has 0 N–H and O–H groups in total. The summed E-state index contributed by atoms with van der Waals surface area (Å²) in [4.78, 5) is 42.4. The average molecular weight is 440 g/mol. The minimum absolute atomic E-state index is 0.153. The van der Waals surface area contributed by atoms with Crippen LogP contribution < -0.4 is 0 Å². The van der Waals surface area contributed by atoms with Crippen LogP contribution in [-0.2, 0) is 42.9 Å². The third kappa shape index (κ3) is 24.8. The Labute approximate surface area is 183 Å². The van der Waals surface area contributed by atoms with Crippen LogP contribution in [0.15, 0.2) is 50.6 Å². The largest absolute Gasteiger partial charge is 0.463 e. The highest BCUT2D eigenvalue weighted by molar-refractivity contribution is 5.82. The van der Waals surface area contributed by atoms with E-state index in [1.54, 1.807) is 0 Å². The standard InChI is InChI=1S/C12H18O4.C10H14O5/c1-3-11(13)15-9-7-5-6-8-10-16-12(14)4-2;1-3-9(11)14-7-5-13-6-8-15-10(12)4-2/h3-4H,1-2,5-10H2;3-4H,1-2,5-8H2. The minimum Gasteiger partial charge on any atom is -0.463 e. The molecular weight excluding hydrogens is 408 g/mol. The predicted octanol–water partition coefficient (Wildman–Crippen LogP) is 2.47. The van der Waals surface area contributed by atoms with Gasteiger partial charge >= 0.3 is 23.9 Å². The van der Waals surface area contributed by atoms with Gasteiger partial charge in [0.2, 0.25) is 0 Å². The van der Waals surface area contributed by atoms with Crippen LogP contribution in [0.25, 0.3) is 0 Å². The lowest BCUT2D eigenvalue weighted by molar-refractivity contribution is -0.141. The summed E-state index contributed by atoms with van der Waals surface area (Å²) in [5, 5.41) is 0. The van der Waals surface area contributed by atoms with E-state index < -0.39 is 11.9 Å². The topological polar surface area (TPSA) is 114 Å². The molecule has 0 fully saturated rings. The zero-order valence-electron chi connectivity index (χ0n) is 17.9. The van der Waals surface area contributed by atoms with Crippen LogP contribution in [0.1, 0.15) is 25.7 Å². The fraction of sp³-hybridized carbons (Fsp3) is 0.455. The summed E-state index contributed by atoms with van der Waals surface area (Å²) in [5.74, 6) is -1.76. The maximum absolute atomic E-state index is 10.6. The molecular formula is C22H32O9. The van der Waals surface area contributed by atoms with Gasteiger partial charge in [0.15, 0.2) is 0 Å². The Morgan fingerprint density at radius 1 is 0.452 bits per heavy atom. The van der Waals surface area contributed by atoms with Gasteiger partial charge in [0, 0.05) is 24.3 Å². The second kappa shape index (κ2) is 23.1. The molecule has 0 heterocycles. The molecule has 31 heavy (non-hydrogen) atoms. The molecule has 174 valence electrons. The Hall–Kier alpha value is -3.20. The van der Waals surface area contributed by atoms with E-state index in [0.717, 1.165) is 50.0 Å². The van der Waals surface area contributed by atoms with Crippen LogP contribution in [0.3, 0.4) is 0 Å². The number of ether oxygens (including phenoxy) is 5. The molecule has 9 nitrogen and oxygen atoms in total. The molecule has 0 atom stereocenters. The molecule has 0 aliphatic carbocycles. The Kier molecular flexibility index (Phi) is 22.3. The Balaban J connectivity index is 0. The molecule has 0 aromatic rings. The first kappa shape index (κ1) is 30.0. The first-order chi connectivity index (χ1) is 14.9. The van der Waals surface area contributed by atoms with Crippen LogP contribution in [0.5, 0.6) is 0 Å². The van der Waals surface area contributed by atoms with Gasteiger partial charge < -0.3 is 23.7 Å². The summed E-state index contributed by atoms with van der Waals surface area (Å²) >= 11 is 0. The lowest BCUT2D eigenvalue weighted by Crippen LogP contribution is -2.12. The average Bonchev–Trinajstić information content (AvgIpc) is 2.79. The molecule has 0 unspecified atom stereocenters. The van der Waals surface area contributed by atoms with Gasteiger partial charge in [-0.25, -0.2) is 19.2 Å². The summed E-state index contributed by atoms with van der Waals surface area (Å²) in [5.41, 5.74) is 0. The lowest BCUT2D eigenvalue weighted by atomic mass is 10.2. The predicted molar refractivity (Wildman–Crippen MR) is 114 cm³/mol. The van der Waals surface area contributed by atoms with Crippen LogP contribution in [-0.4, -0.2) is 63.5 Å². The molecule has 0 aromatic carbocycles. The van der Waals surface area contributed by atoms with Crippen LogP contribution in [0.2, 0.25) is 0 Å². The van der Waals surface area contributed by atoms with Crippen LogP contribution in [0, 0.1) is 0 Å². The number of hydrogen-bond acceptors (Lipinski definition) is 9. The summed E-state index contributed by atoms with van der Waals surface area (Å²) in [7, 11) is 0. The van der Waals surface area contributed by atoms with Crippen molar-refractivity contribution in [1.82, 2.24) is 0 Å². The maximum atomic E-state index is 10.6. The highest BCUT2D eigenvalue weighted by atomic mass is 16.6. The third-order valence-corrected chi connectivity index (χ3v) is 3.14. The zero-order valence-corrected chi connectivity index (χ0v) is 17.9. The molecule has 0 rings (SSSR count). The number of carbonyl (C=O) groups is 4. The van der Waals surface area contributed by atoms with E-state index in [1.807, 2.05) is 0 Å². The van der Waals surface area contributed by atoms with E-state index >= 15 is 0 Å². The van der Waals surface area contributed by atoms with Crippen molar-refractivity contribution >= 4 is 23.9 Å². The maximum Gasteiger partial charge on any atom is 0.330 e. The molecule has 0 aromatic heterocycles. The molecule has 0 radical (unpaired) electrons. The molecule has 0 saturated heterocycles. The molecule has 9 heteroatoms. The minimum atomic E-state index is -0.489. The van der Waals surface area contributed by atoms with Gasteiger partial charge in [-0.3, -0.25) is 0 Å². The molecule has 0 spiro atoms. The van der Waals surface area contributed by atoms with Crippen molar-refractivity contribution in [2.75, 3.05) is 39.6 Å². The van der Waals surface area contributed by atoms with Crippen molar-refractivity contribution in [3.63, 3.8) is 0 Å². The van der Waals surface area contributed by atoms with Crippen molar-refractivity contribution in [2.24, 2.45) is 0 Å². The van der Waals surface area contributed by atoms with E-state index in [1.165, 1.54) is 0 Å². The van der Waals surface area contributed by atoms with Gasteiger partial charge in [-0.1, -0.05) is 26.3 Å². The number of rotatable bonds is 17. The second-order valence-electron chi connectivity index (χ2n) is 5.51. The molecule has 0 bridgehead atoms. The highest BCUT2D eigenvalue weighted by Gasteiger charge is 1.98. The third-order valence-electron chi connectivity index (χ3n) is 3.14. The Morgan fingerprint density at radius 3 is 1.03 bits per heavy atom. The van der Waals surface area contributed by atoms with E-state index in [2.05, 4.69) is 35.8 Å². The summed E-state index contributed by atoms with van der Waals surface area (Å²) in [6.07, 6.45) is 7.96. The normalized spacial score (nSPS) is 9.16. The highest BCUT2D eigenvalue weighted by Crippen LogP contribution is 2.01. The van der Waals surface area contributed by atoms with Crippen LogP contribution in [0.4, 0.5) is 0 Å². The van der Waals surface area contributed by atoms with Crippen molar-refractivity contribution in [3.8, 4) is 0 Å². The number of carbonyl (C=O) groups excluding carboxylic acids is 4. The summed E-state index contributed by atoms with van der Waals surface area (Å²) < 4.78 is 23.9. The number of hydrogen-bond donors (Lipinski definition) is 0. The van der Waals surface area contributed by atoms with E-state index in [9.17, 15) is 19.2 Å². The smallest absolute Gasteiger partial charge is 0.330 e. The van der Waals surface area contributed by atoms with Gasteiger partial charge in [0.05, 0.1) is 26.4 Å². The molecule has 0 saturated carbocycles. The van der Waals surface area contributed by atoms with Crippen molar-refractivity contribution in [2.45, 2.75) is 25.7 Å². The van der Waals surface area contributed by atoms with E-state index in [-0.39, 0.29) is 38.4 Å². The van der Waals surface area contributed by atoms with Crippen molar-refractivity contribution in [1.29, 1.82) is 0 Å². The van der Waals surface area contributed by atoms with Gasteiger partial charge in [0.1, 0.15) is 13.2 Å².